The Morgan fingerprint density at radius 1 is 0.947 bits per heavy atom. The van der Waals surface area contributed by atoms with Crippen LogP contribution in [0.5, 0.6) is 0 Å². The van der Waals surface area contributed by atoms with E-state index in [4.69, 9.17) is 0 Å². The van der Waals surface area contributed by atoms with Gasteiger partial charge < -0.3 is 0 Å². The van der Waals surface area contributed by atoms with Crippen molar-refractivity contribution in [3.63, 3.8) is 0 Å². The van der Waals surface area contributed by atoms with Gasteiger partial charge in [-0.3, -0.25) is 4.79 Å². The fourth-order valence-corrected chi connectivity index (χ4v) is 1.90. The van der Waals surface area contributed by atoms with Gasteiger partial charge in [-0.2, -0.15) is 0 Å². The second-order valence-corrected chi connectivity index (χ2v) is 4.73. The van der Waals surface area contributed by atoms with Crippen molar-refractivity contribution in [1.29, 1.82) is 0 Å². The molecule has 0 radical (unpaired) electrons. The highest BCUT2D eigenvalue weighted by Gasteiger charge is 2.13. The highest BCUT2D eigenvalue weighted by Crippen LogP contribution is 2.21. The van der Waals surface area contributed by atoms with E-state index in [2.05, 4.69) is 0 Å². The molecule has 19 heavy (non-hydrogen) atoms. The Morgan fingerprint density at radius 2 is 1.53 bits per heavy atom. The minimum Gasteiger partial charge on any atom is -0.289 e. The van der Waals surface area contributed by atoms with E-state index in [1.54, 1.807) is 6.07 Å². The maximum absolute atomic E-state index is 13.6. The molecule has 0 fully saturated rings. The van der Waals surface area contributed by atoms with E-state index in [0.717, 1.165) is 0 Å². The summed E-state index contributed by atoms with van der Waals surface area (Å²) in [4.78, 5) is 12.2. The fraction of sp³-hybridized carbons (Fsp3) is 0.188. The van der Waals surface area contributed by atoms with E-state index in [-0.39, 0.29) is 17.5 Å². The zero-order valence-corrected chi connectivity index (χ0v) is 10.8. The third-order valence-corrected chi connectivity index (χ3v) is 2.99. The van der Waals surface area contributed by atoms with Crippen molar-refractivity contribution in [2.45, 2.75) is 19.8 Å². The number of hydrogen-bond acceptors (Lipinski definition) is 1. The van der Waals surface area contributed by atoms with Crippen LogP contribution >= 0.6 is 0 Å². The summed E-state index contributed by atoms with van der Waals surface area (Å²) in [6.45, 7) is 3.73. The van der Waals surface area contributed by atoms with E-state index in [1.807, 2.05) is 13.8 Å². The molecule has 0 unspecified atom stereocenters. The summed E-state index contributed by atoms with van der Waals surface area (Å²) in [5.41, 5.74) is 1.31. The van der Waals surface area contributed by atoms with Crippen LogP contribution in [-0.4, -0.2) is 5.78 Å². The van der Waals surface area contributed by atoms with Crippen LogP contribution in [0.15, 0.2) is 42.5 Å². The standard InChI is InChI=1S/C16H14F2O/c1-10(2)14-9-12(5-8-15(14)18)16(19)11-3-6-13(17)7-4-11/h3-10H,1-2H3. The molecule has 3 heteroatoms. The maximum atomic E-state index is 13.6. The summed E-state index contributed by atoms with van der Waals surface area (Å²) in [5, 5.41) is 0. The van der Waals surface area contributed by atoms with Crippen molar-refractivity contribution in [3.8, 4) is 0 Å². The molecule has 2 aromatic rings. The van der Waals surface area contributed by atoms with Crippen LogP contribution in [0.2, 0.25) is 0 Å². The lowest BCUT2D eigenvalue weighted by Gasteiger charge is -2.09. The van der Waals surface area contributed by atoms with E-state index in [1.165, 1.54) is 36.4 Å². The summed E-state index contributed by atoms with van der Waals surface area (Å²) < 4.78 is 26.4. The number of halogens is 2. The van der Waals surface area contributed by atoms with Crippen LogP contribution in [0.25, 0.3) is 0 Å². The molecule has 0 aliphatic heterocycles. The van der Waals surface area contributed by atoms with Gasteiger partial charge in [0.15, 0.2) is 5.78 Å². The highest BCUT2D eigenvalue weighted by atomic mass is 19.1. The quantitative estimate of drug-likeness (QED) is 0.751. The van der Waals surface area contributed by atoms with Gasteiger partial charge in [0.05, 0.1) is 0 Å². The van der Waals surface area contributed by atoms with Gasteiger partial charge >= 0.3 is 0 Å². The second-order valence-electron chi connectivity index (χ2n) is 4.73. The first-order valence-electron chi connectivity index (χ1n) is 6.08. The summed E-state index contributed by atoms with van der Waals surface area (Å²) in [7, 11) is 0. The Bertz CT molecular complexity index is 601. The van der Waals surface area contributed by atoms with E-state index >= 15 is 0 Å². The van der Waals surface area contributed by atoms with Gasteiger partial charge in [-0.15, -0.1) is 0 Å². The third kappa shape index (κ3) is 2.87. The van der Waals surface area contributed by atoms with Crippen molar-refractivity contribution in [2.75, 3.05) is 0 Å². The smallest absolute Gasteiger partial charge is 0.193 e. The Morgan fingerprint density at radius 3 is 2.11 bits per heavy atom. The van der Waals surface area contributed by atoms with Crippen LogP contribution in [-0.2, 0) is 0 Å². The van der Waals surface area contributed by atoms with E-state index in [0.29, 0.717) is 16.7 Å². The zero-order valence-electron chi connectivity index (χ0n) is 10.8. The molecule has 0 bridgehead atoms. The first kappa shape index (κ1) is 13.4. The number of hydrogen-bond donors (Lipinski definition) is 0. The molecular formula is C16H14F2O. The first-order valence-corrected chi connectivity index (χ1v) is 6.08. The maximum Gasteiger partial charge on any atom is 0.193 e. The predicted octanol–water partition coefficient (Wildman–Crippen LogP) is 4.32. The minimum absolute atomic E-state index is 0.000896. The molecule has 2 aromatic carbocycles. The lowest BCUT2D eigenvalue weighted by molar-refractivity contribution is 0.103. The Labute approximate surface area is 110 Å². The van der Waals surface area contributed by atoms with Crippen molar-refractivity contribution in [1.82, 2.24) is 0 Å². The van der Waals surface area contributed by atoms with Crippen molar-refractivity contribution in [3.05, 3.63) is 70.8 Å². The number of carbonyl (C=O) groups excluding carboxylic acids is 1. The SMILES string of the molecule is CC(C)c1cc(C(=O)c2ccc(F)cc2)ccc1F. The van der Waals surface area contributed by atoms with Crippen molar-refractivity contribution >= 4 is 5.78 Å². The van der Waals surface area contributed by atoms with E-state index < -0.39 is 5.82 Å². The molecule has 0 saturated heterocycles. The Balaban J connectivity index is 2.39. The van der Waals surface area contributed by atoms with E-state index in [9.17, 15) is 13.6 Å². The van der Waals surface area contributed by atoms with Gasteiger partial charge in [-0.25, -0.2) is 8.78 Å². The van der Waals surface area contributed by atoms with Gasteiger partial charge in [0.1, 0.15) is 11.6 Å². The van der Waals surface area contributed by atoms with Crippen molar-refractivity contribution < 1.29 is 13.6 Å². The number of benzene rings is 2. The number of ketones is 1. The van der Waals surface area contributed by atoms with Crippen LogP contribution in [0, 0.1) is 11.6 Å². The monoisotopic (exact) mass is 260 g/mol. The summed E-state index contributed by atoms with van der Waals surface area (Å²) in [6.07, 6.45) is 0. The van der Waals surface area contributed by atoms with Gasteiger partial charge in [-0.05, 0) is 53.9 Å². The number of carbonyl (C=O) groups is 1. The fourth-order valence-electron chi connectivity index (χ4n) is 1.90. The van der Waals surface area contributed by atoms with Crippen LogP contribution < -0.4 is 0 Å². The average molecular weight is 260 g/mol. The Kier molecular flexibility index (Phi) is 3.74. The average Bonchev–Trinajstić information content (AvgIpc) is 2.39. The molecule has 0 amide bonds. The molecular weight excluding hydrogens is 246 g/mol. The molecule has 0 aliphatic rings. The van der Waals surface area contributed by atoms with Gasteiger partial charge in [0, 0.05) is 11.1 Å². The second kappa shape index (κ2) is 5.31. The summed E-state index contributed by atoms with van der Waals surface area (Å²) in [5.74, 6) is -0.938. The largest absolute Gasteiger partial charge is 0.289 e. The summed E-state index contributed by atoms with van der Waals surface area (Å²) in [6, 6.07) is 9.64. The molecule has 0 aromatic heterocycles. The van der Waals surface area contributed by atoms with Gasteiger partial charge in [0.2, 0.25) is 0 Å². The molecule has 0 saturated carbocycles. The topological polar surface area (TPSA) is 17.1 Å². The summed E-state index contributed by atoms with van der Waals surface area (Å²) >= 11 is 0. The normalized spacial score (nSPS) is 10.8. The molecule has 0 heterocycles. The Hall–Kier alpha value is -2.03. The molecule has 0 aliphatic carbocycles. The van der Waals surface area contributed by atoms with Crippen molar-refractivity contribution in [2.24, 2.45) is 0 Å². The molecule has 1 nitrogen and oxygen atoms in total. The molecule has 2 rings (SSSR count). The molecule has 0 atom stereocenters. The van der Waals surface area contributed by atoms with Gasteiger partial charge in [0.25, 0.3) is 0 Å². The number of rotatable bonds is 3. The molecule has 0 N–H and O–H groups in total. The highest BCUT2D eigenvalue weighted by molar-refractivity contribution is 6.09. The van der Waals surface area contributed by atoms with Crippen LogP contribution in [0.1, 0.15) is 41.3 Å². The van der Waals surface area contributed by atoms with Crippen LogP contribution in [0.4, 0.5) is 8.78 Å². The third-order valence-electron chi connectivity index (χ3n) is 2.99. The first-order chi connectivity index (χ1) is 8.99. The molecule has 98 valence electrons. The lowest BCUT2D eigenvalue weighted by Crippen LogP contribution is -2.04. The minimum atomic E-state index is -0.390. The lowest BCUT2D eigenvalue weighted by atomic mass is 9.96. The zero-order chi connectivity index (χ0) is 14.0. The van der Waals surface area contributed by atoms with Crippen LogP contribution in [0.3, 0.4) is 0 Å². The molecule has 0 spiro atoms. The van der Waals surface area contributed by atoms with Gasteiger partial charge in [-0.1, -0.05) is 13.8 Å². The predicted molar refractivity (Wildman–Crippen MR) is 70.3 cm³/mol.